The maximum absolute atomic E-state index is 6.69. The number of hydrogen-bond donors (Lipinski definition) is 0. The van der Waals surface area contributed by atoms with Gasteiger partial charge in [0.05, 0.1) is 29.5 Å². The van der Waals surface area contributed by atoms with Crippen LogP contribution >= 0.6 is 0 Å². The number of rotatable bonds is 8. The van der Waals surface area contributed by atoms with Crippen molar-refractivity contribution >= 4 is 21.8 Å². The second kappa shape index (κ2) is 11.9. The average Bonchev–Trinajstić information content (AvgIpc) is 3.53. The van der Waals surface area contributed by atoms with Gasteiger partial charge in [-0.2, -0.15) is 5.10 Å². The van der Waals surface area contributed by atoms with E-state index in [4.69, 9.17) is 19.6 Å². The molecule has 0 saturated heterocycles. The standard InChI is InChI=1S/C40H38N4O2/c1-25(2)18-29-20-31(44-28(5)40(27(4)42-44)30-10-8-7-9-11-30)22-34(21-29)46-33-12-14-35-36-23-32(45-6)13-15-37(36)43(38(35)24-33)39-19-26(3)16-17-41-39/h7-17,19-25H,18H2,1-6H3. The molecule has 0 aliphatic heterocycles. The van der Waals surface area contributed by atoms with E-state index in [1.807, 2.05) is 35.1 Å². The third kappa shape index (κ3) is 5.40. The first-order chi connectivity index (χ1) is 22.3. The van der Waals surface area contributed by atoms with Gasteiger partial charge < -0.3 is 9.47 Å². The van der Waals surface area contributed by atoms with E-state index in [9.17, 15) is 0 Å². The summed E-state index contributed by atoms with van der Waals surface area (Å²) in [5, 5.41) is 7.20. The van der Waals surface area contributed by atoms with Gasteiger partial charge in [-0.1, -0.05) is 44.2 Å². The number of pyridine rings is 1. The zero-order valence-corrected chi connectivity index (χ0v) is 27.2. The minimum absolute atomic E-state index is 0.495. The second-order valence-corrected chi connectivity index (χ2v) is 12.4. The van der Waals surface area contributed by atoms with Crippen LogP contribution in [0.25, 0.3) is 44.4 Å². The topological polar surface area (TPSA) is 54.1 Å². The van der Waals surface area contributed by atoms with E-state index in [1.165, 1.54) is 11.1 Å². The number of ether oxygens (including phenoxy) is 2. The predicted octanol–water partition coefficient (Wildman–Crippen LogP) is 9.96. The van der Waals surface area contributed by atoms with E-state index < -0.39 is 0 Å². The second-order valence-electron chi connectivity index (χ2n) is 12.4. The van der Waals surface area contributed by atoms with Gasteiger partial charge in [0.25, 0.3) is 0 Å². The van der Waals surface area contributed by atoms with E-state index in [1.54, 1.807) is 7.11 Å². The minimum Gasteiger partial charge on any atom is -0.497 e. The molecule has 3 aromatic heterocycles. The van der Waals surface area contributed by atoms with Gasteiger partial charge in [0, 0.05) is 40.4 Å². The van der Waals surface area contributed by atoms with Crippen LogP contribution in [0.1, 0.15) is 36.4 Å². The van der Waals surface area contributed by atoms with Crippen molar-refractivity contribution in [2.75, 3.05) is 7.11 Å². The summed E-state index contributed by atoms with van der Waals surface area (Å²) in [7, 11) is 1.70. The van der Waals surface area contributed by atoms with E-state index in [2.05, 4.69) is 112 Å². The first-order valence-corrected chi connectivity index (χ1v) is 15.8. The van der Waals surface area contributed by atoms with Crippen molar-refractivity contribution in [2.45, 2.75) is 41.0 Å². The fraction of sp³-hybridized carbons (Fsp3) is 0.200. The lowest BCUT2D eigenvalue weighted by molar-refractivity contribution is 0.415. The van der Waals surface area contributed by atoms with Gasteiger partial charge in [0.2, 0.25) is 0 Å². The number of aromatic nitrogens is 4. The van der Waals surface area contributed by atoms with E-state index in [-0.39, 0.29) is 0 Å². The molecule has 0 aliphatic rings. The van der Waals surface area contributed by atoms with Crippen LogP contribution in [0.4, 0.5) is 0 Å². The molecule has 0 saturated carbocycles. The van der Waals surface area contributed by atoms with Crippen LogP contribution in [0.3, 0.4) is 0 Å². The highest BCUT2D eigenvalue weighted by atomic mass is 16.5. The van der Waals surface area contributed by atoms with E-state index in [0.717, 1.165) is 79.5 Å². The Morgan fingerprint density at radius 3 is 2.30 bits per heavy atom. The summed E-state index contributed by atoms with van der Waals surface area (Å²) in [6.07, 6.45) is 2.79. The first kappa shape index (κ1) is 29.4. The maximum Gasteiger partial charge on any atom is 0.137 e. The Morgan fingerprint density at radius 1 is 0.739 bits per heavy atom. The molecule has 0 aliphatic carbocycles. The molecule has 0 bridgehead atoms. The molecule has 0 amide bonds. The molecule has 230 valence electrons. The third-order valence-electron chi connectivity index (χ3n) is 8.50. The molecule has 46 heavy (non-hydrogen) atoms. The first-order valence-electron chi connectivity index (χ1n) is 15.8. The molecule has 4 aromatic carbocycles. The summed E-state index contributed by atoms with van der Waals surface area (Å²) in [4.78, 5) is 4.74. The molecule has 7 aromatic rings. The zero-order chi connectivity index (χ0) is 31.9. The Morgan fingerprint density at radius 2 is 1.54 bits per heavy atom. The molecular formula is C40H38N4O2. The van der Waals surface area contributed by atoms with Gasteiger partial charge in [-0.25, -0.2) is 9.67 Å². The highest BCUT2D eigenvalue weighted by Gasteiger charge is 2.18. The molecule has 0 atom stereocenters. The molecule has 0 N–H and O–H groups in total. The summed E-state index contributed by atoms with van der Waals surface area (Å²) >= 11 is 0. The van der Waals surface area contributed by atoms with Gasteiger partial charge in [-0.15, -0.1) is 0 Å². The van der Waals surface area contributed by atoms with E-state index >= 15 is 0 Å². The van der Waals surface area contributed by atoms with Crippen molar-refractivity contribution in [1.29, 1.82) is 0 Å². The Kier molecular flexibility index (Phi) is 7.57. The highest BCUT2D eigenvalue weighted by Crippen LogP contribution is 2.37. The zero-order valence-electron chi connectivity index (χ0n) is 27.2. The smallest absolute Gasteiger partial charge is 0.137 e. The fourth-order valence-electron chi connectivity index (χ4n) is 6.53. The minimum atomic E-state index is 0.495. The number of aryl methyl sites for hydroxylation is 2. The monoisotopic (exact) mass is 606 g/mol. The number of hydrogen-bond acceptors (Lipinski definition) is 4. The van der Waals surface area contributed by atoms with Crippen LogP contribution in [0.2, 0.25) is 0 Å². The Labute approximate surface area is 269 Å². The molecule has 7 rings (SSSR count). The van der Waals surface area contributed by atoms with Crippen LogP contribution in [-0.2, 0) is 6.42 Å². The van der Waals surface area contributed by atoms with Crippen molar-refractivity contribution in [1.82, 2.24) is 19.3 Å². The van der Waals surface area contributed by atoms with Gasteiger partial charge in [0.1, 0.15) is 23.1 Å². The average molecular weight is 607 g/mol. The lowest BCUT2D eigenvalue weighted by Gasteiger charge is -2.14. The summed E-state index contributed by atoms with van der Waals surface area (Å²) in [5.41, 5.74) is 9.86. The molecule has 3 heterocycles. The van der Waals surface area contributed by atoms with Crippen LogP contribution in [-0.4, -0.2) is 26.4 Å². The summed E-state index contributed by atoms with van der Waals surface area (Å²) in [6, 6.07) is 33.5. The number of benzene rings is 4. The quantitative estimate of drug-likeness (QED) is 0.173. The van der Waals surface area contributed by atoms with Gasteiger partial charge in [-0.05, 0) is 104 Å². The summed E-state index contributed by atoms with van der Waals surface area (Å²) in [5.74, 6) is 3.70. The van der Waals surface area contributed by atoms with Gasteiger partial charge in [0.15, 0.2) is 0 Å². The van der Waals surface area contributed by atoms with Crippen molar-refractivity contribution in [2.24, 2.45) is 5.92 Å². The Balaban J connectivity index is 1.35. The van der Waals surface area contributed by atoms with Gasteiger partial charge in [-0.3, -0.25) is 4.57 Å². The lowest BCUT2D eigenvalue weighted by atomic mass is 10.0. The lowest BCUT2D eigenvalue weighted by Crippen LogP contribution is -2.03. The Hall–Kier alpha value is -5.36. The highest BCUT2D eigenvalue weighted by molar-refractivity contribution is 6.10. The van der Waals surface area contributed by atoms with E-state index in [0.29, 0.717) is 5.92 Å². The molecule has 6 heteroatoms. The van der Waals surface area contributed by atoms with Gasteiger partial charge >= 0.3 is 0 Å². The van der Waals surface area contributed by atoms with Crippen molar-refractivity contribution in [3.63, 3.8) is 0 Å². The van der Waals surface area contributed by atoms with Crippen LogP contribution < -0.4 is 9.47 Å². The van der Waals surface area contributed by atoms with Crippen LogP contribution in [0.5, 0.6) is 17.2 Å². The van der Waals surface area contributed by atoms with Crippen LogP contribution in [0.15, 0.2) is 103 Å². The van der Waals surface area contributed by atoms with Crippen molar-refractivity contribution < 1.29 is 9.47 Å². The predicted molar refractivity (Wildman–Crippen MR) is 187 cm³/mol. The molecule has 6 nitrogen and oxygen atoms in total. The maximum atomic E-state index is 6.69. The summed E-state index contributed by atoms with van der Waals surface area (Å²) < 4.78 is 16.5. The number of nitrogens with zero attached hydrogens (tertiary/aromatic N) is 4. The molecule has 0 unspecified atom stereocenters. The van der Waals surface area contributed by atoms with Crippen molar-refractivity contribution in [3.8, 4) is 39.9 Å². The largest absolute Gasteiger partial charge is 0.497 e. The van der Waals surface area contributed by atoms with Crippen LogP contribution in [0, 0.1) is 26.7 Å². The molecule has 0 spiro atoms. The fourth-order valence-corrected chi connectivity index (χ4v) is 6.53. The SMILES string of the molecule is COc1ccc2c(c1)c1ccc(Oc3cc(CC(C)C)cc(-n4nc(C)c(-c5ccccc5)c4C)c3)cc1n2-c1cc(C)ccn1. The third-order valence-corrected chi connectivity index (χ3v) is 8.50. The summed E-state index contributed by atoms with van der Waals surface area (Å²) in [6.45, 7) is 10.8. The normalized spacial score (nSPS) is 11.5. The molecular weight excluding hydrogens is 568 g/mol. The van der Waals surface area contributed by atoms with Crippen molar-refractivity contribution in [3.05, 3.63) is 126 Å². The molecule has 0 fully saturated rings. The number of fused-ring (bicyclic) bond motifs is 3. The molecule has 0 radical (unpaired) electrons. The number of methoxy groups -OCH3 is 1. The Bertz CT molecular complexity index is 2210.